The number of benzene rings is 2. The Morgan fingerprint density at radius 1 is 1.10 bits per heavy atom. The Kier molecular flexibility index (Phi) is 5.09. The average molecular weight is 305 g/mol. The lowest BCUT2D eigenvalue weighted by Crippen LogP contribution is -2.22. The van der Waals surface area contributed by atoms with Gasteiger partial charge in [-0.15, -0.1) is 0 Å². The van der Waals surface area contributed by atoms with Gasteiger partial charge in [0.15, 0.2) is 0 Å². The van der Waals surface area contributed by atoms with Crippen LogP contribution < -0.4 is 0 Å². The number of hydrogen-bond acceptors (Lipinski definition) is 4. The summed E-state index contributed by atoms with van der Waals surface area (Å²) in [7, 11) is 0. The zero-order valence-electron chi connectivity index (χ0n) is 11.0. The molecule has 0 aliphatic rings. The minimum Gasteiger partial charge on any atom is -0.395 e. The van der Waals surface area contributed by atoms with Crippen LogP contribution in [0.15, 0.2) is 54.6 Å². The van der Waals surface area contributed by atoms with Crippen molar-refractivity contribution in [2.24, 2.45) is 0 Å². The van der Waals surface area contributed by atoms with E-state index in [1.54, 1.807) is 42.5 Å². The van der Waals surface area contributed by atoms with Crippen molar-refractivity contribution in [3.63, 3.8) is 0 Å². The van der Waals surface area contributed by atoms with Gasteiger partial charge >= 0.3 is 11.9 Å². The number of ether oxygens (including phenoxy) is 1. The summed E-state index contributed by atoms with van der Waals surface area (Å²) in [5.74, 6) is -2.49. The van der Waals surface area contributed by atoms with E-state index < -0.39 is 24.5 Å². The average Bonchev–Trinajstić information content (AvgIpc) is 2.49. The number of aliphatic hydroxyl groups excluding tert-OH is 1. The summed E-state index contributed by atoms with van der Waals surface area (Å²) < 4.78 is 4.80. The maximum Gasteiger partial charge on any atom is 0.345 e. The number of halogens is 1. The van der Waals surface area contributed by atoms with Crippen molar-refractivity contribution in [1.29, 1.82) is 0 Å². The van der Waals surface area contributed by atoms with Crippen LogP contribution in [0.4, 0.5) is 0 Å². The molecule has 1 N–H and O–H groups in total. The predicted molar refractivity (Wildman–Crippen MR) is 78.1 cm³/mol. The first kappa shape index (κ1) is 15.2. The first-order valence-electron chi connectivity index (χ1n) is 6.29. The van der Waals surface area contributed by atoms with E-state index in [4.69, 9.17) is 16.3 Å². The molecule has 0 radical (unpaired) electrons. The SMILES string of the molecule is O=C(OC(=O)C(CO)c1ccccc1)c1cccc(Cl)c1. The molecule has 1 atom stereocenters. The molecule has 0 amide bonds. The van der Waals surface area contributed by atoms with E-state index in [0.29, 0.717) is 10.6 Å². The van der Waals surface area contributed by atoms with Crippen LogP contribution >= 0.6 is 11.6 Å². The third-order valence-corrected chi connectivity index (χ3v) is 3.16. The predicted octanol–water partition coefficient (Wildman–Crippen LogP) is 2.80. The largest absolute Gasteiger partial charge is 0.395 e. The highest BCUT2D eigenvalue weighted by atomic mass is 35.5. The van der Waals surface area contributed by atoms with Crippen molar-refractivity contribution in [3.8, 4) is 0 Å². The van der Waals surface area contributed by atoms with Crippen molar-refractivity contribution in [2.45, 2.75) is 5.92 Å². The molecule has 0 aliphatic carbocycles. The maximum atomic E-state index is 12.0. The van der Waals surface area contributed by atoms with Gasteiger partial charge in [0.25, 0.3) is 0 Å². The second kappa shape index (κ2) is 7.02. The molecule has 4 nitrogen and oxygen atoms in total. The van der Waals surface area contributed by atoms with Gasteiger partial charge in [-0.25, -0.2) is 4.79 Å². The van der Waals surface area contributed by atoms with Crippen LogP contribution in [0.3, 0.4) is 0 Å². The van der Waals surface area contributed by atoms with Gasteiger partial charge in [0.2, 0.25) is 0 Å². The molecular weight excluding hydrogens is 292 g/mol. The maximum absolute atomic E-state index is 12.0. The van der Waals surface area contributed by atoms with Crippen LogP contribution in [0.5, 0.6) is 0 Å². The summed E-state index contributed by atoms with van der Waals surface area (Å²) in [4.78, 5) is 23.9. The quantitative estimate of drug-likeness (QED) is 0.697. The van der Waals surface area contributed by atoms with Gasteiger partial charge in [-0.3, -0.25) is 4.79 Å². The number of esters is 2. The molecule has 0 fully saturated rings. The van der Waals surface area contributed by atoms with Crippen molar-refractivity contribution in [2.75, 3.05) is 6.61 Å². The lowest BCUT2D eigenvalue weighted by molar-refractivity contribution is -0.140. The topological polar surface area (TPSA) is 63.6 Å². The van der Waals surface area contributed by atoms with Gasteiger partial charge in [-0.1, -0.05) is 48.0 Å². The van der Waals surface area contributed by atoms with Crippen molar-refractivity contribution in [1.82, 2.24) is 0 Å². The molecule has 0 aromatic heterocycles. The van der Waals surface area contributed by atoms with Gasteiger partial charge in [-0.2, -0.15) is 0 Å². The smallest absolute Gasteiger partial charge is 0.345 e. The Labute approximate surface area is 126 Å². The van der Waals surface area contributed by atoms with E-state index in [-0.39, 0.29) is 5.56 Å². The Hall–Kier alpha value is -2.17. The van der Waals surface area contributed by atoms with Crippen molar-refractivity contribution < 1.29 is 19.4 Å². The van der Waals surface area contributed by atoms with Crippen LogP contribution in [0.1, 0.15) is 21.8 Å². The van der Waals surface area contributed by atoms with Crippen LogP contribution in [0.25, 0.3) is 0 Å². The summed E-state index contributed by atoms with van der Waals surface area (Å²) in [6, 6.07) is 14.8. The highest BCUT2D eigenvalue weighted by molar-refractivity contribution is 6.30. The van der Waals surface area contributed by atoms with Crippen LogP contribution in [0.2, 0.25) is 5.02 Å². The Morgan fingerprint density at radius 3 is 2.43 bits per heavy atom. The standard InChI is InChI=1S/C16H13ClO4/c17-13-8-4-7-12(9-13)15(19)21-16(20)14(10-18)11-5-2-1-3-6-11/h1-9,14,18H,10H2. The molecule has 2 aromatic rings. The third-order valence-electron chi connectivity index (χ3n) is 2.92. The summed E-state index contributed by atoms with van der Waals surface area (Å²) in [6.45, 7) is -0.439. The molecule has 5 heteroatoms. The fraction of sp³-hybridized carbons (Fsp3) is 0.125. The molecule has 21 heavy (non-hydrogen) atoms. The second-order valence-electron chi connectivity index (χ2n) is 4.36. The van der Waals surface area contributed by atoms with Crippen molar-refractivity contribution in [3.05, 3.63) is 70.7 Å². The van der Waals surface area contributed by atoms with Gasteiger partial charge in [-0.05, 0) is 23.8 Å². The lowest BCUT2D eigenvalue weighted by Gasteiger charge is -2.12. The minimum absolute atomic E-state index is 0.181. The molecule has 108 valence electrons. The highest BCUT2D eigenvalue weighted by Crippen LogP contribution is 2.18. The fourth-order valence-corrected chi connectivity index (χ4v) is 2.03. The molecular formula is C16H13ClO4. The Balaban J connectivity index is 2.11. The molecule has 0 saturated heterocycles. The first-order valence-corrected chi connectivity index (χ1v) is 6.67. The minimum atomic E-state index is -0.894. The molecule has 0 spiro atoms. The molecule has 0 heterocycles. The van der Waals surface area contributed by atoms with Crippen LogP contribution in [-0.2, 0) is 9.53 Å². The van der Waals surface area contributed by atoms with Gasteiger partial charge < -0.3 is 9.84 Å². The van der Waals surface area contributed by atoms with E-state index in [2.05, 4.69) is 0 Å². The fourth-order valence-electron chi connectivity index (χ4n) is 1.84. The monoisotopic (exact) mass is 304 g/mol. The van der Waals surface area contributed by atoms with Gasteiger partial charge in [0.1, 0.15) is 5.92 Å². The summed E-state index contributed by atoms with van der Waals surface area (Å²) in [6.07, 6.45) is 0. The molecule has 2 aromatic carbocycles. The van der Waals surface area contributed by atoms with E-state index in [9.17, 15) is 14.7 Å². The Bertz CT molecular complexity index is 640. The van der Waals surface area contributed by atoms with Crippen LogP contribution in [0, 0.1) is 0 Å². The zero-order valence-corrected chi connectivity index (χ0v) is 11.8. The summed E-state index contributed by atoms with van der Waals surface area (Å²) in [5.41, 5.74) is 0.768. The number of hydrogen-bond donors (Lipinski definition) is 1. The highest BCUT2D eigenvalue weighted by Gasteiger charge is 2.24. The molecule has 2 rings (SSSR count). The number of aliphatic hydroxyl groups is 1. The second-order valence-corrected chi connectivity index (χ2v) is 4.80. The van der Waals surface area contributed by atoms with Gasteiger partial charge in [0, 0.05) is 5.02 Å². The lowest BCUT2D eigenvalue weighted by atomic mass is 10.0. The molecule has 0 bridgehead atoms. The Morgan fingerprint density at radius 2 is 1.81 bits per heavy atom. The molecule has 0 saturated carbocycles. The van der Waals surface area contributed by atoms with Crippen LogP contribution in [-0.4, -0.2) is 23.7 Å². The summed E-state index contributed by atoms with van der Waals surface area (Å²) >= 11 is 5.78. The molecule has 0 aliphatic heterocycles. The number of carbonyl (C=O) groups is 2. The van der Waals surface area contributed by atoms with E-state index >= 15 is 0 Å². The molecule has 1 unspecified atom stereocenters. The first-order chi connectivity index (χ1) is 10.1. The van der Waals surface area contributed by atoms with E-state index in [0.717, 1.165) is 0 Å². The van der Waals surface area contributed by atoms with E-state index in [1.165, 1.54) is 12.1 Å². The third kappa shape index (κ3) is 3.90. The van der Waals surface area contributed by atoms with Crippen molar-refractivity contribution >= 4 is 23.5 Å². The van der Waals surface area contributed by atoms with Gasteiger partial charge in [0.05, 0.1) is 12.2 Å². The zero-order chi connectivity index (χ0) is 15.2. The normalized spacial score (nSPS) is 11.7. The van der Waals surface area contributed by atoms with E-state index in [1.807, 2.05) is 0 Å². The summed E-state index contributed by atoms with van der Waals surface area (Å²) in [5, 5.41) is 9.72. The number of rotatable bonds is 4. The number of carbonyl (C=O) groups excluding carboxylic acids is 2.